The normalized spacial score (nSPS) is 11.5. The molecule has 18 heavy (non-hydrogen) atoms. The van der Waals surface area contributed by atoms with Gasteiger partial charge in [0.15, 0.2) is 21.4 Å². The van der Waals surface area contributed by atoms with Crippen molar-refractivity contribution >= 4 is 21.4 Å². The van der Waals surface area contributed by atoms with Crippen molar-refractivity contribution in [2.24, 2.45) is 0 Å². The van der Waals surface area contributed by atoms with Crippen LogP contribution in [0.15, 0.2) is 18.2 Å². The second-order valence-corrected chi connectivity index (χ2v) is 6.47. The summed E-state index contributed by atoms with van der Waals surface area (Å²) >= 11 is 5.56. The zero-order valence-corrected chi connectivity index (χ0v) is 11.7. The Labute approximate surface area is 112 Å². The molecular weight excluding hydrogens is 279 g/mol. The monoisotopic (exact) mass is 294 g/mol. The number of alkyl halides is 1. The molecule has 0 amide bonds. The van der Waals surface area contributed by atoms with Crippen LogP contribution in [0.3, 0.4) is 0 Å². The lowest BCUT2D eigenvalue weighted by molar-refractivity contribution is 0.322. The van der Waals surface area contributed by atoms with E-state index in [-0.39, 0.29) is 29.7 Å². The van der Waals surface area contributed by atoms with Crippen molar-refractivity contribution in [1.82, 2.24) is 0 Å². The van der Waals surface area contributed by atoms with Gasteiger partial charge in [-0.1, -0.05) is 13.0 Å². The minimum atomic E-state index is -3.10. The standard InChI is InChI=1S/C12H16ClFO3S/c1-2-6-18(15,16)7-5-17-12-4-3-10(9-13)8-11(12)14/h3-4,8H,2,5-7,9H2,1H3. The molecule has 102 valence electrons. The van der Waals surface area contributed by atoms with Gasteiger partial charge in [-0.2, -0.15) is 0 Å². The van der Waals surface area contributed by atoms with Gasteiger partial charge in [0.1, 0.15) is 6.61 Å². The first-order valence-electron chi connectivity index (χ1n) is 5.66. The van der Waals surface area contributed by atoms with Gasteiger partial charge in [-0.05, 0) is 24.1 Å². The number of hydrogen-bond donors (Lipinski definition) is 0. The van der Waals surface area contributed by atoms with Crippen LogP contribution in [0.1, 0.15) is 18.9 Å². The van der Waals surface area contributed by atoms with Crippen LogP contribution in [0, 0.1) is 5.82 Å². The summed E-state index contributed by atoms with van der Waals surface area (Å²) in [6, 6.07) is 4.38. The van der Waals surface area contributed by atoms with Crippen LogP contribution in [0.4, 0.5) is 4.39 Å². The predicted octanol–water partition coefficient (Wildman–Crippen LogP) is 2.77. The van der Waals surface area contributed by atoms with Crippen molar-refractivity contribution in [3.05, 3.63) is 29.6 Å². The van der Waals surface area contributed by atoms with Crippen molar-refractivity contribution in [2.45, 2.75) is 19.2 Å². The number of hydrogen-bond acceptors (Lipinski definition) is 3. The minimum Gasteiger partial charge on any atom is -0.489 e. The molecule has 3 nitrogen and oxygen atoms in total. The quantitative estimate of drug-likeness (QED) is 0.726. The molecular formula is C12H16ClFO3S. The van der Waals surface area contributed by atoms with Crippen molar-refractivity contribution in [1.29, 1.82) is 0 Å². The van der Waals surface area contributed by atoms with Gasteiger partial charge in [0.25, 0.3) is 0 Å². The molecule has 0 aliphatic rings. The largest absolute Gasteiger partial charge is 0.489 e. The van der Waals surface area contributed by atoms with Crippen molar-refractivity contribution in [3.8, 4) is 5.75 Å². The molecule has 0 aliphatic carbocycles. The van der Waals surface area contributed by atoms with E-state index in [0.29, 0.717) is 12.0 Å². The molecule has 0 aliphatic heterocycles. The van der Waals surface area contributed by atoms with Gasteiger partial charge < -0.3 is 4.74 Å². The maximum absolute atomic E-state index is 13.5. The van der Waals surface area contributed by atoms with Crippen LogP contribution >= 0.6 is 11.6 Å². The lowest BCUT2D eigenvalue weighted by Gasteiger charge is -2.08. The highest BCUT2D eigenvalue weighted by Gasteiger charge is 2.10. The summed E-state index contributed by atoms with van der Waals surface area (Å²) in [5, 5.41) is 0. The second-order valence-electron chi connectivity index (χ2n) is 3.90. The fourth-order valence-electron chi connectivity index (χ4n) is 1.44. The number of ether oxygens (including phenoxy) is 1. The Hall–Kier alpha value is -0.810. The third kappa shape index (κ3) is 4.82. The van der Waals surface area contributed by atoms with E-state index in [2.05, 4.69) is 0 Å². The number of rotatable bonds is 7. The summed E-state index contributed by atoms with van der Waals surface area (Å²) in [6.07, 6.45) is 0.571. The minimum absolute atomic E-state index is 0.0422. The molecule has 0 atom stereocenters. The molecule has 0 fully saturated rings. The molecule has 6 heteroatoms. The van der Waals surface area contributed by atoms with E-state index in [4.69, 9.17) is 16.3 Å². The highest BCUT2D eigenvalue weighted by molar-refractivity contribution is 7.91. The van der Waals surface area contributed by atoms with E-state index < -0.39 is 15.7 Å². The average Bonchev–Trinajstić information content (AvgIpc) is 2.31. The number of sulfone groups is 1. The Balaban J connectivity index is 2.54. The molecule has 0 spiro atoms. The second kappa shape index (κ2) is 6.95. The van der Waals surface area contributed by atoms with Gasteiger partial charge in [-0.3, -0.25) is 0 Å². The Morgan fingerprint density at radius 3 is 2.61 bits per heavy atom. The van der Waals surface area contributed by atoms with Crippen molar-refractivity contribution < 1.29 is 17.5 Å². The van der Waals surface area contributed by atoms with E-state index in [1.807, 2.05) is 0 Å². The lowest BCUT2D eigenvalue weighted by Crippen LogP contribution is -2.17. The van der Waals surface area contributed by atoms with Crippen LogP contribution in [-0.4, -0.2) is 26.5 Å². The molecule has 0 aromatic heterocycles. The van der Waals surface area contributed by atoms with Gasteiger partial charge in [-0.25, -0.2) is 12.8 Å². The van der Waals surface area contributed by atoms with Crippen molar-refractivity contribution in [2.75, 3.05) is 18.1 Å². The van der Waals surface area contributed by atoms with Crippen LogP contribution in [0.5, 0.6) is 5.75 Å². The third-order valence-electron chi connectivity index (χ3n) is 2.32. The van der Waals surface area contributed by atoms with Gasteiger partial charge >= 0.3 is 0 Å². The van der Waals surface area contributed by atoms with Gasteiger partial charge in [-0.15, -0.1) is 11.6 Å². The van der Waals surface area contributed by atoms with Crippen molar-refractivity contribution in [3.63, 3.8) is 0 Å². The van der Waals surface area contributed by atoms with E-state index in [0.717, 1.165) is 0 Å². The smallest absolute Gasteiger partial charge is 0.165 e. The fourth-order valence-corrected chi connectivity index (χ4v) is 2.77. The average molecular weight is 295 g/mol. The van der Waals surface area contributed by atoms with Crippen LogP contribution in [-0.2, 0) is 15.7 Å². The Bertz CT molecular complexity index is 488. The summed E-state index contributed by atoms with van der Waals surface area (Å²) < 4.78 is 41.4. The Kier molecular flexibility index (Phi) is 5.88. The summed E-state index contributed by atoms with van der Waals surface area (Å²) in [7, 11) is -3.10. The first-order chi connectivity index (χ1) is 8.48. The molecule has 0 unspecified atom stereocenters. The Morgan fingerprint density at radius 2 is 2.06 bits per heavy atom. The summed E-state index contributed by atoms with van der Waals surface area (Å²) in [5.41, 5.74) is 0.653. The molecule has 0 N–H and O–H groups in total. The molecule has 1 aromatic carbocycles. The summed E-state index contributed by atoms with van der Waals surface area (Å²) in [6.45, 7) is 1.75. The molecule has 0 heterocycles. The highest BCUT2D eigenvalue weighted by Crippen LogP contribution is 2.19. The van der Waals surface area contributed by atoms with Crippen LogP contribution in [0.2, 0.25) is 0 Å². The summed E-state index contributed by atoms with van der Waals surface area (Å²) in [5.74, 6) is -0.222. The molecule has 0 saturated heterocycles. The number of halogens is 2. The van der Waals surface area contributed by atoms with Gasteiger partial charge in [0.2, 0.25) is 0 Å². The Morgan fingerprint density at radius 1 is 1.33 bits per heavy atom. The van der Waals surface area contributed by atoms with Gasteiger partial charge in [0.05, 0.1) is 11.5 Å². The summed E-state index contributed by atoms with van der Waals surface area (Å²) in [4.78, 5) is 0. The first-order valence-corrected chi connectivity index (χ1v) is 8.01. The molecule has 0 bridgehead atoms. The van der Waals surface area contributed by atoms with E-state index in [1.54, 1.807) is 13.0 Å². The van der Waals surface area contributed by atoms with Crippen LogP contribution < -0.4 is 4.74 Å². The molecule has 1 rings (SSSR count). The highest BCUT2D eigenvalue weighted by atomic mass is 35.5. The van der Waals surface area contributed by atoms with E-state index in [9.17, 15) is 12.8 Å². The van der Waals surface area contributed by atoms with Crippen LogP contribution in [0.25, 0.3) is 0 Å². The third-order valence-corrected chi connectivity index (χ3v) is 4.45. The molecule has 1 aromatic rings. The SMILES string of the molecule is CCCS(=O)(=O)CCOc1ccc(CCl)cc1F. The maximum atomic E-state index is 13.5. The zero-order chi connectivity index (χ0) is 13.6. The lowest BCUT2D eigenvalue weighted by atomic mass is 10.2. The molecule has 0 radical (unpaired) electrons. The maximum Gasteiger partial charge on any atom is 0.165 e. The first kappa shape index (κ1) is 15.2. The molecule has 0 saturated carbocycles. The topological polar surface area (TPSA) is 43.4 Å². The zero-order valence-electron chi connectivity index (χ0n) is 10.2. The fraction of sp³-hybridized carbons (Fsp3) is 0.500. The number of benzene rings is 1. The predicted molar refractivity (Wildman–Crippen MR) is 70.4 cm³/mol. The van der Waals surface area contributed by atoms with E-state index in [1.165, 1.54) is 12.1 Å². The van der Waals surface area contributed by atoms with E-state index >= 15 is 0 Å². The van der Waals surface area contributed by atoms with Gasteiger partial charge in [0, 0.05) is 5.88 Å².